The van der Waals surface area contributed by atoms with Crippen molar-refractivity contribution in [2.75, 3.05) is 13.1 Å². The van der Waals surface area contributed by atoms with Crippen molar-refractivity contribution in [2.45, 2.75) is 16.2 Å². The van der Waals surface area contributed by atoms with Crippen LogP contribution in [0.3, 0.4) is 0 Å². The number of pyridine rings is 1. The third-order valence-electron chi connectivity index (χ3n) is 6.06. The quantitative estimate of drug-likeness (QED) is 0.475. The molecule has 0 aliphatic carbocycles. The van der Waals surface area contributed by atoms with Crippen molar-refractivity contribution in [2.24, 2.45) is 0 Å². The highest BCUT2D eigenvalue weighted by Crippen LogP contribution is 2.34. The fourth-order valence-corrected chi connectivity index (χ4v) is 5.83. The molecule has 0 atom stereocenters. The number of hydrogen-bond acceptors (Lipinski definition) is 5. The number of nitrogens with zero attached hydrogens (tertiary/aromatic N) is 2. The number of sulfone groups is 1. The number of carbonyl (C=O) groups is 1. The van der Waals surface area contributed by atoms with E-state index in [4.69, 9.17) is 0 Å². The van der Waals surface area contributed by atoms with Gasteiger partial charge in [0.15, 0.2) is 9.84 Å². The molecule has 2 heterocycles. The largest absolute Gasteiger partial charge is 0.381 e. The molecule has 1 N–H and O–H groups in total. The number of rotatable bonds is 5. The maximum Gasteiger partial charge on any atom is 0.254 e. The second kappa shape index (κ2) is 8.30. The molecule has 6 nitrogen and oxygen atoms in total. The van der Waals surface area contributed by atoms with E-state index in [2.05, 4.69) is 4.98 Å². The van der Waals surface area contributed by atoms with Gasteiger partial charge in [-0.25, -0.2) is 12.8 Å². The van der Waals surface area contributed by atoms with Crippen molar-refractivity contribution >= 4 is 26.6 Å². The molecular formula is C26H21FN2O4S. The molecule has 1 aromatic heterocycles. The molecule has 1 aliphatic rings. The van der Waals surface area contributed by atoms with Gasteiger partial charge in [0.2, 0.25) is 0 Å². The number of aliphatic hydroxyl groups is 1. The zero-order valence-electron chi connectivity index (χ0n) is 18.1. The molecule has 34 heavy (non-hydrogen) atoms. The fraction of sp³-hybridized carbons (Fsp3) is 0.154. The summed E-state index contributed by atoms with van der Waals surface area (Å²) in [4.78, 5) is 18.6. The van der Waals surface area contributed by atoms with Crippen molar-refractivity contribution in [1.29, 1.82) is 0 Å². The zero-order valence-corrected chi connectivity index (χ0v) is 18.9. The van der Waals surface area contributed by atoms with Crippen LogP contribution in [0.25, 0.3) is 10.9 Å². The maximum atomic E-state index is 14.0. The van der Waals surface area contributed by atoms with Gasteiger partial charge >= 0.3 is 0 Å². The number of amides is 1. The zero-order chi connectivity index (χ0) is 23.9. The van der Waals surface area contributed by atoms with Crippen LogP contribution in [-0.4, -0.2) is 42.4 Å². The standard InChI is InChI=1S/C26H21FN2O4S/c27-22-8-2-1-7-21(22)26(31)16-29(17-26)25(30)20-12-10-18(11-13-20)15-34(32,33)23-9-3-5-19-6-4-14-28-24(19)23/h1-14,31H,15-17H2. The van der Waals surface area contributed by atoms with Gasteiger partial charge in [0, 0.05) is 22.7 Å². The van der Waals surface area contributed by atoms with Crippen molar-refractivity contribution in [3.05, 3.63) is 108 Å². The predicted octanol–water partition coefficient (Wildman–Crippen LogP) is 3.69. The van der Waals surface area contributed by atoms with Crippen LogP contribution in [0.5, 0.6) is 0 Å². The van der Waals surface area contributed by atoms with E-state index in [1.165, 1.54) is 17.0 Å². The molecule has 0 unspecified atom stereocenters. The molecule has 5 rings (SSSR count). The monoisotopic (exact) mass is 476 g/mol. The van der Waals surface area contributed by atoms with Crippen LogP contribution in [0, 0.1) is 5.82 Å². The number of carbonyl (C=O) groups excluding carboxylic acids is 1. The summed E-state index contributed by atoms with van der Waals surface area (Å²) in [5.41, 5.74) is 0.0839. The smallest absolute Gasteiger partial charge is 0.254 e. The van der Waals surface area contributed by atoms with E-state index in [1.807, 2.05) is 12.1 Å². The summed E-state index contributed by atoms with van der Waals surface area (Å²) in [7, 11) is -3.66. The Morgan fingerprint density at radius 2 is 1.68 bits per heavy atom. The van der Waals surface area contributed by atoms with Gasteiger partial charge in [-0.3, -0.25) is 9.78 Å². The predicted molar refractivity (Wildman–Crippen MR) is 125 cm³/mol. The minimum atomic E-state index is -3.66. The molecule has 172 valence electrons. The van der Waals surface area contributed by atoms with Gasteiger partial charge < -0.3 is 10.0 Å². The van der Waals surface area contributed by atoms with Crippen LogP contribution in [0.15, 0.2) is 90.0 Å². The second-order valence-corrected chi connectivity index (χ2v) is 10.4. The Bertz CT molecular complexity index is 1490. The van der Waals surface area contributed by atoms with Crippen LogP contribution in [0.2, 0.25) is 0 Å². The molecular weight excluding hydrogens is 455 g/mol. The number of para-hydroxylation sites is 1. The number of halogens is 1. The molecule has 0 bridgehead atoms. The second-order valence-electron chi connectivity index (χ2n) is 8.46. The lowest BCUT2D eigenvalue weighted by molar-refractivity contribution is -0.0884. The van der Waals surface area contributed by atoms with E-state index < -0.39 is 21.3 Å². The Hall–Kier alpha value is -3.62. The molecule has 3 aromatic carbocycles. The maximum absolute atomic E-state index is 14.0. The molecule has 1 aliphatic heterocycles. The Labute approximate surface area is 196 Å². The first kappa shape index (κ1) is 22.2. The third-order valence-corrected chi connectivity index (χ3v) is 7.77. The molecule has 0 radical (unpaired) electrons. The lowest BCUT2D eigenvalue weighted by atomic mass is 9.85. The Morgan fingerprint density at radius 1 is 0.971 bits per heavy atom. The molecule has 4 aromatic rings. The van der Waals surface area contributed by atoms with Crippen LogP contribution < -0.4 is 0 Å². The van der Waals surface area contributed by atoms with Crippen molar-refractivity contribution in [1.82, 2.24) is 9.88 Å². The number of benzene rings is 3. The highest BCUT2D eigenvalue weighted by atomic mass is 32.2. The van der Waals surface area contributed by atoms with Crippen LogP contribution in [0.1, 0.15) is 21.5 Å². The number of β-amino-alcohol motifs (C(OH)–C–C–N with tert-alkyl or cyclic N) is 1. The molecule has 8 heteroatoms. The van der Waals surface area contributed by atoms with E-state index in [9.17, 15) is 22.7 Å². The Balaban J connectivity index is 1.30. The average molecular weight is 477 g/mol. The lowest BCUT2D eigenvalue weighted by Crippen LogP contribution is -2.61. The topological polar surface area (TPSA) is 87.6 Å². The molecule has 1 saturated heterocycles. The van der Waals surface area contributed by atoms with E-state index in [-0.39, 0.29) is 35.2 Å². The van der Waals surface area contributed by atoms with Gasteiger partial charge in [0.25, 0.3) is 5.91 Å². The van der Waals surface area contributed by atoms with Gasteiger partial charge in [-0.05, 0) is 35.9 Å². The van der Waals surface area contributed by atoms with Gasteiger partial charge in [0.05, 0.1) is 29.3 Å². The lowest BCUT2D eigenvalue weighted by Gasteiger charge is -2.46. The summed E-state index contributed by atoms with van der Waals surface area (Å²) >= 11 is 0. The summed E-state index contributed by atoms with van der Waals surface area (Å²) in [6.07, 6.45) is 1.56. The summed E-state index contributed by atoms with van der Waals surface area (Å²) in [6.45, 7) is -0.0338. The van der Waals surface area contributed by atoms with E-state index in [0.717, 1.165) is 5.39 Å². The Morgan fingerprint density at radius 3 is 2.41 bits per heavy atom. The number of likely N-dealkylation sites (tertiary alicyclic amines) is 1. The highest BCUT2D eigenvalue weighted by molar-refractivity contribution is 7.90. The first-order valence-corrected chi connectivity index (χ1v) is 12.3. The molecule has 1 fully saturated rings. The van der Waals surface area contributed by atoms with E-state index in [1.54, 1.807) is 60.8 Å². The van der Waals surface area contributed by atoms with Crippen LogP contribution >= 0.6 is 0 Å². The summed E-state index contributed by atoms with van der Waals surface area (Å²) in [5.74, 6) is -1.05. The first-order chi connectivity index (χ1) is 16.3. The SMILES string of the molecule is O=C(c1ccc(CS(=O)(=O)c2cccc3cccnc23)cc1)N1CC(O)(c2ccccc2F)C1. The first-order valence-electron chi connectivity index (χ1n) is 10.7. The summed E-state index contributed by atoms with van der Waals surface area (Å²) < 4.78 is 40.1. The molecule has 0 spiro atoms. The van der Waals surface area contributed by atoms with Gasteiger partial charge in [0.1, 0.15) is 11.4 Å². The summed E-state index contributed by atoms with van der Waals surface area (Å²) in [6, 6.07) is 20.9. The highest BCUT2D eigenvalue weighted by Gasteiger charge is 2.46. The number of hydrogen-bond donors (Lipinski definition) is 1. The van der Waals surface area contributed by atoms with Crippen LogP contribution in [0.4, 0.5) is 4.39 Å². The molecule has 1 amide bonds. The Kier molecular flexibility index (Phi) is 5.42. The van der Waals surface area contributed by atoms with Crippen molar-refractivity contribution in [3.8, 4) is 0 Å². The average Bonchev–Trinajstić information content (AvgIpc) is 2.82. The van der Waals surface area contributed by atoms with Crippen LogP contribution in [-0.2, 0) is 21.2 Å². The molecule has 0 saturated carbocycles. The van der Waals surface area contributed by atoms with E-state index in [0.29, 0.717) is 16.6 Å². The normalized spacial score (nSPS) is 15.2. The number of fused-ring (bicyclic) bond motifs is 1. The van der Waals surface area contributed by atoms with Gasteiger partial charge in [-0.2, -0.15) is 0 Å². The number of aromatic nitrogens is 1. The van der Waals surface area contributed by atoms with Gasteiger partial charge in [-0.1, -0.05) is 48.5 Å². The minimum absolute atomic E-state index is 0.0169. The summed E-state index contributed by atoms with van der Waals surface area (Å²) in [5, 5.41) is 11.4. The minimum Gasteiger partial charge on any atom is -0.381 e. The fourth-order valence-electron chi connectivity index (χ4n) is 4.29. The third kappa shape index (κ3) is 3.95. The van der Waals surface area contributed by atoms with Crippen molar-refractivity contribution in [3.63, 3.8) is 0 Å². The van der Waals surface area contributed by atoms with Gasteiger partial charge in [-0.15, -0.1) is 0 Å². The van der Waals surface area contributed by atoms with Crippen molar-refractivity contribution < 1.29 is 22.7 Å². The van der Waals surface area contributed by atoms with E-state index >= 15 is 0 Å².